The van der Waals surface area contributed by atoms with Gasteiger partial charge in [0.25, 0.3) is 23.6 Å². The quantitative estimate of drug-likeness (QED) is 0.0757. The van der Waals surface area contributed by atoms with Crippen LogP contribution in [-0.4, -0.2) is 178 Å². The monoisotopic (exact) mass is 1280 g/mol. The molecule has 2 aromatic carbocycles. The highest BCUT2D eigenvalue weighted by Gasteiger charge is 2.43. The average molecular weight is 1280 g/mol. The lowest BCUT2D eigenvalue weighted by Crippen LogP contribution is -2.55. The van der Waals surface area contributed by atoms with Crippen LogP contribution in [0.2, 0.25) is 0 Å². The number of esters is 4. The minimum Gasteiger partial charge on any atom is -0.451 e. The molecule has 488 valence electrons. The first-order chi connectivity index (χ1) is 42.7. The van der Waals surface area contributed by atoms with Gasteiger partial charge in [-0.15, -0.1) is 23.5 Å². The molecule has 0 aliphatic carbocycles. The van der Waals surface area contributed by atoms with Crippen molar-refractivity contribution in [3.8, 4) is 0 Å². The van der Waals surface area contributed by atoms with E-state index in [1.165, 1.54) is 51.8 Å². The van der Waals surface area contributed by atoms with Gasteiger partial charge in [0.1, 0.15) is 34.2 Å². The van der Waals surface area contributed by atoms with Gasteiger partial charge in [-0.25, -0.2) is 29.1 Å². The largest absolute Gasteiger partial charge is 0.451 e. The Balaban J connectivity index is 1.23. The van der Waals surface area contributed by atoms with Gasteiger partial charge in [-0.2, -0.15) is 0 Å². The number of likely N-dealkylation sites (N-methyl/N-ethyl adjacent to an activating group) is 4. The van der Waals surface area contributed by atoms with E-state index in [4.69, 9.17) is 18.9 Å². The van der Waals surface area contributed by atoms with Gasteiger partial charge in [0, 0.05) is 91.1 Å². The molecule has 1 fully saturated rings. The summed E-state index contributed by atoms with van der Waals surface area (Å²) in [5.41, 5.74) is 5.35. The van der Waals surface area contributed by atoms with Crippen molar-refractivity contribution in [2.24, 2.45) is 23.7 Å². The summed E-state index contributed by atoms with van der Waals surface area (Å²) in [6, 6.07) is 18.0. The van der Waals surface area contributed by atoms with Gasteiger partial charge in [0.05, 0.1) is 11.4 Å². The summed E-state index contributed by atoms with van der Waals surface area (Å²) in [5, 5.41) is 1.92. The van der Waals surface area contributed by atoms with Crippen molar-refractivity contribution in [1.82, 2.24) is 29.6 Å². The summed E-state index contributed by atoms with van der Waals surface area (Å²) in [4.78, 5) is 137. The molecule has 8 atom stereocenters. The molecule has 7 rings (SSSR count). The normalized spacial score (nSPS) is 23.4. The van der Waals surface area contributed by atoms with Crippen molar-refractivity contribution in [3.05, 3.63) is 107 Å². The number of thioether (sulfide) groups is 2. The van der Waals surface area contributed by atoms with E-state index < -0.39 is 96.1 Å². The van der Waals surface area contributed by atoms with Crippen LogP contribution < -0.4 is 9.80 Å². The van der Waals surface area contributed by atoms with Crippen LogP contribution in [0.1, 0.15) is 117 Å². The number of carbonyl (C=O) groups is 8. The molecule has 90 heavy (non-hydrogen) atoms. The molecule has 0 radical (unpaired) electrons. The Kier molecular flexibility index (Phi) is 25.1. The molecule has 0 N–H and O–H groups in total. The van der Waals surface area contributed by atoms with E-state index in [9.17, 15) is 28.8 Å². The standard InChI is InChI=1S/C68H92N8O12S2/c1-41(2)33-53-65(81)85-45(9)61(77)71(11)56(36-44(7)8)68(84)88-58(38-48-21-25-50(26-22-48)40-76-30-32-90-60-52(76)18-16-28-70-60)64(80)74(14)54(34-42(3)4)66(82)86-46(10)62(78)72(12)55(35-43(5)6)67(83)87-57(63(79)73(53)13)37-47-19-23-49(24-20-47)39-75-29-31-89-59-51(75)17-15-27-69-59/h15-28,41-46,53-58H,29-40H2,1-14H3/t45-,46-,53+,54+,55+,56+,57-,58-/m1/s1. The Hall–Kier alpha value is -7.20. The molecule has 22 heteroatoms. The molecule has 5 heterocycles. The van der Waals surface area contributed by atoms with Crippen LogP contribution in [0.3, 0.4) is 0 Å². The van der Waals surface area contributed by atoms with E-state index in [0.29, 0.717) is 24.2 Å². The van der Waals surface area contributed by atoms with Crippen LogP contribution in [-0.2, 0) is 83.2 Å². The number of fused-ring (bicyclic) bond motifs is 2. The van der Waals surface area contributed by atoms with E-state index >= 15 is 9.59 Å². The van der Waals surface area contributed by atoms with E-state index in [2.05, 4.69) is 19.8 Å². The van der Waals surface area contributed by atoms with Gasteiger partial charge in [0.15, 0.2) is 24.4 Å². The minimum atomic E-state index is -1.53. The number of cyclic esters (lactones) is 4. The maximum atomic E-state index is 15.2. The Morgan fingerprint density at radius 1 is 0.422 bits per heavy atom. The number of amides is 4. The fraction of sp³-hybridized carbons (Fsp3) is 0.559. The van der Waals surface area contributed by atoms with E-state index in [1.807, 2.05) is 128 Å². The zero-order valence-electron chi connectivity index (χ0n) is 54.8. The number of nitrogens with zero attached hydrogens (tertiary/aromatic N) is 8. The van der Waals surface area contributed by atoms with Crippen molar-refractivity contribution in [1.29, 1.82) is 0 Å². The van der Waals surface area contributed by atoms with Crippen molar-refractivity contribution in [2.75, 3.05) is 62.6 Å². The van der Waals surface area contributed by atoms with E-state index in [0.717, 1.165) is 66.9 Å². The number of hydrogen-bond acceptors (Lipinski definition) is 18. The summed E-state index contributed by atoms with van der Waals surface area (Å²) >= 11 is 3.42. The van der Waals surface area contributed by atoms with Crippen LogP contribution in [0.4, 0.5) is 11.4 Å². The summed E-state index contributed by atoms with van der Waals surface area (Å²) in [5.74, 6) is -5.61. The van der Waals surface area contributed by atoms with Crippen molar-refractivity contribution in [3.63, 3.8) is 0 Å². The van der Waals surface area contributed by atoms with Gasteiger partial charge in [0.2, 0.25) is 0 Å². The predicted octanol–water partition coefficient (Wildman–Crippen LogP) is 8.68. The number of anilines is 2. The van der Waals surface area contributed by atoms with Crippen LogP contribution in [0.15, 0.2) is 95.2 Å². The van der Waals surface area contributed by atoms with Crippen molar-refractivity contribution in [2.45, 2.75) is 179 Å². The molecule has 0 bridgehead atoms. The fourth-order valence-corrected chi connectivity index (χ4v) is 13.4. The lowest BCUT2D eigenvalue weighted by Gasteiger charge is -2.35. The van der Waals surface area contributed by atoms with Gasteiger partial charge in [-0.05, 0) is 110 Å². The molecule has 0 spiro atoms. The summed E-state index contributed by atoms with van der Waals surface area (Å²) < 4.78 is 24.5. The molecule has 4 amide bonds. The lowest BCUT2D eigenvalue weighted by molar-refractivity contribution is -0.176. The summed E-state index contributed by atoms with van der Waals surface area (Å²) in [6.45, 7) is 20.5. The van der Waals surface area contributed by atoms with Gasteiger partial charge < -0.3 is 48.3 Å². The number of ether oxygens (including phenoxy) is 4. The molecule has 2 aromatic heterocycles. The van der Waals surface area contributed by atoms with Crippen LogP contribution in [0, 0.1) is 23.7 Å². The maximum absolute atomic E-state index is 15.2. The first kappa shape index (κ1) is 70.3. The van der Waals surface area contributed by atoms with Gasteiger partial charge >= 0.3 is 23.9 Å². The van der Waals surface area contributed by atoms with Crippen LogP contribution in [0.25, 0.3) is 0 Å². The molecule has 3 aliphatic rings. The van der Waals surface area contributed by atoms with E-state index in [-0.39, 0.29) is 62.2 Å². The second-order valence-electron chi connectivity index (χ2n) is 25.6. The Morgan fingerprint density at radius 3 is 1.02 bits per heavy atom. The van der Waals surface area contributed by atoms with Crippen molar-refractivity contribution < 1.29 is 57.3 Å². The van der Waals surface area contributed by atoms with Gasteiger partial charge in [-0.3, -0.25) is 19.2 Å². The highest BCUT2D eigenvalue weighted by atomic mass is 32.2. The maximum Gasteiger partial charge on any atom is 0.329 e. The molecule has 0 unspecified atom stereocenters. The number of aromatic nitrogens is 2. The third-order valence-electron chi connectivity index (χ3n) is 16.5. The third kappa shape index (κ3) is 18.5. The van der Waals surface area contributed by atoms with Crippen LogP contribution >= 0.6 is 23.5 Å². The summed E-state index contributed by atoms with van der Waals surface area (Å²) in [6.07, 6.45) is -2.39. The van der Waals surface area contributed by atoms with Gasteiger partial charge in [-0.1, -0.05) is 104 Å². The molecular weight excluding hydrogens is 1180 g/mol. The topological polar surface area (TPSA) is 219 Å². The average Bonchev–Trinajstić information content (AvgIpc) is 1.19. The smallest absolute Gasteiger partial charge is 0.329 e. The molecule has 0 saturated carbocycles. The molecular formula is C68H92N8O12S2. The molecule has 3 aliphatic heterocycles. The SMILES string of the molecule is CC(C)C[C@H]1C(=O)O[C@H](Cc2ccc(CN3CCSc4ncccc43)cc2)C(=O)N(C)[C@@H](CC(C)C)C(=O)O[C@H](C)C(=O)N(C)[C@@H](CC(C)C)C(=O)O[C@H](Cc2ccc(CN3CCSc4ncccc43)cc2)C(=O)N(C)[C@@H](CC(C)C)C(=O)O[C@H](C)C(=O)N1C. The zero-order valence-corrected chi connectivity index (χ0v) is 56.4. The second-order valence-corrected chi connectivity index (χ2v) is 27.8. The summed E-state index contributed by atoms with van der Waals surface area (Å²) in [7, 11) is 5.64. The Labute approximate surface area is 539 Å². The highest BCUT2D eigenvalue weighted by molar-refractivity contribution is 7.99. The van der Waals surface area contributed by atoms with E-state index in [1.54, 1.807) is 35.9 Å². The van der Waals surface area contributed by atoms with Crippen molar-refractivity contribution >= 4 is 82.4 Å². The minimum absolute atomic E-state index is 0.0848. The zero-order chi connectivity index (χ0) is 65.7. The highest BCUT2D eigenvalue weighted by Crippen LogP contribution is 2.35. The molecule has 20 nitrogen and oxygen atoms in total. The first-order valence-corrected chi connectivity index (χ1v) is 33.4. The Morgan fingerprint density at radius 2 is 0.711 bits per heavy atom. The number of pyridine rings is 2. The lowest BCUT2D eigenvalue weighted by atomic mass is 9.99. The number of benzene rings is 2. The molecule has 1 saturated heterocycles. The molecule has 4 aromatic rings. The number of hydrogen-bond donors (Lipinski definition) is 0. The fourth-order valence-electron chi connectivity index (χ4n) is 11.5. The number of carbonyl (C=O) groups excluding carboxylic acids is 8. The Bertz CT molecular complexity index is 2920. The first-order valence-electron chi connectivity index (χ1n) is 31.4. The third-order valence-corrected chi connectivity index (χ3v) is 18.4. The second kappa shape index (κ2) is 32.2. The van der Waals surface area contributed by atoms with Crippen LogP contribution in [0.5, 0.6) is 0 Å². The number of rotatable bonds is 16. The predicted molar refractivity (Wildman–Crippen MR) is 347 cm³/mol.